The second-order valence-corrected chi connectivity index (χ2v) is 17.6. The molecule has 3 unspecified atom stereocenters. The first-order valence-corrected chi connectivity index (χ1v) is 20.7. The van der Waals surface area contributed by atoms with Gasteiger partial charge in [0, 0.05) is 35.0 Å². The fourth-order valence-corrected chi connectivity index (χ4v) is 10.7. The average molecular weight is 825 g/mol. The van der Waals surface area contributed by atoms with Crippen molar-refractivity contribution < 1.29 is 52.1 Å². The van der Waals surface area contributed by atoms with Crippen molar-refractivity contribution >= 4 is 35.1 Å². The molecule has 0 heterocycles. The molecular formula is C48H66F2O9. The summed E-state index contributed by atoms with van der Waals surface area (Å²) in [5.74, 6) is -2.83. The van der Waals surface area contributed by atoms with Crippen LogP contribution < -0.4 is 0 Å². The Kier molecular flexibility index (Phi) is 15.6. The number of aliphatic hydroxyl groups excluding tert-OH is 1. The number of alkyl halides is 2. The maximum atomic E-state index is 17.2. The Bertz CT molecular complexity index is 1840. The third-order valence-electron chi connectivity index (χ3n) is 14.5. The third kappa shape index (κ3) is 8.60. The molecule has 0 aromatic rings. The van der Waals surface area contributed by atoms with E-state index >= 15 is 4.39 Å². The maximum absolute atomic E-state index is 17.2. The summed E-state index contributed by atoms with van der Waals surface area (Å²) in [6.45, 7) is 17.3. The normalized spacial score (nSPS) is 37.5. The summed E-state index contributed by atoms with van der Waals surface area (Å²) in [6.07, 6.45) is 15.5. The van der Waals surface area contributed by atoms with Gasteiger partial charge in [-0.15, -0.1) is 0 Å². The Morgan fingerprint density at radius 2 is 1.51 bits per heavy atom. The van der Waals surface area contributed by atoms with Gasteiger partial charge in [0.15, 0.2) is 35.2 Å². The van der Waals surface area contributed by atoms with Gasteiger partial charge in [0.1, 0.15) is 6.17 Å². The Hall–Kier alpha value is -4.12. The SMILES string of the molecule is C.C=CC(=O)/C=C\C.CCC(=O)OCC(=O)[C@@]1(OC(=O)CC)CCC2[C@@H]3CCC4=CC(=O)C=C[C@]4(C)[C@@]3(F)[C@@H](O)C[C@@]21C.CCC1(C)CCC2=CC(=O)C=CC2(C)[C@@H]1F. The van der Waals surface area contributed by atoms with Gasteiger partial charge in [-0.3, -0.25) is 28.8 Å². The van der Waals surface area contributed by atoms with E-state index in [9.17, 15) is 38.3 Å². The molecule has 6 rings (SSSR count). The number of ketones is 4. The van der Waals surface area contributed by atoms with Crippen LogP contribution in [0.15, 0.2) is 72.4 Å². The summed E-state index contributed by atoms with van der Waals surface area (Å²) in [6, 6.07) is 0. The van der Waals surface area contributed by atoms with Crippen LogP contribution in [-0.2, 0) is 38.2 Å². The number of hydrogen-bond donors (Lipinski definition) is 1. The van der Waals surface area contributed by atoms with E-state index in [2.05, 4.69) is 6.58 Å². The highest BCUT2D eigenvalue weighted by Crippen LogP contribution is 2.70. The number of allylic oxidation sites excluding steroid dienone is 11. The minimum absolute atomic E-state index is 0. The first kappa shape index (κ1) is 49.2. The first-order valence-electron chi connectivity index (χ1n) is 20.7. The molecule has 59 heavy (non-hydrogen) atoms. The Morgan fingerprint density at radius 3 is 2.07 bits per heavy atom. The Labute approximate surface area is 349 Å². The fourth-order valence-electron chi connectivity index (χ4n) is 10.7. The van der Waals surface area contributed by atoms with Gasteiger partial charge in [0.05, 0.1) is 6.10 Å². The quantitative estimate of drug-likeness (QED) is 0.178. The van der Waals surface area contributed by atoms with E-state index in [4.69, 9.17) is 9.47 Å². The van der Waals surface area contributed by atoms with Crippen LogP contribution >= 0.6 is 0 Å². The van der Waals surface area contributed by atoms with Crippen LogP contribution in [0.5, 0.6) is 0 Å². The summed E-state index contributed by atoms with van der Waals surface area (Å²) in [5.41, 5.74) is -5.00. The van der Waals surface area contributed by atoms with Gasteiger partial charge in [-0.2, -0.15) is 0 Å². The second kappa shape index (κ2) is 18.7. The van der Waals surface area contributed by atoms with Crippen molar-refractivity contribution in [1.29, 1.82) is 0 Å². The molecule has 0 aromatic carbocycles. The van der Waals surface area contributed by atoms with Crippen LogP contribution in [0, 0.1) is 33.5 Å². The second-order valence-electron chi connectivity index (χ2n) is 17.6. The lowest BCUT2D eigenvalue weighted by Gasteiger charge is -2.62. The highest BCUT2D eigenvalue weighted by Gasteiger charge is 2.75. The fraction of sp³-hybridized carbons (Fsp3) is 0.625. The van der Waals surface area contributed by atoms with Crippen molar-refractivity contribution in [3.8, 4) is 0 Å². The maximum Gasteiger partial charge on any atom is 0.306 e. The lowest BCUT2D eigenvalue weighted by Crippen LogP contribution is -2.69. The smallest absolute Gasteiger partial charge is 0.306 e. The predicted molar refractivity (Wildman–Crippen MR) is 223 cm³/mol. The number of fused-ring (bicyclic) bond motifs is 6. The number of carbonyl (C=O) groups excluding carboxylic acids is 6. The molecular weight excluding hydrogens is 759 g/mol. The number of halogens is 2. The van der Waals surface area contributed by atoms with Crippen LogP contribution in [0.1, 0.15) is 127 Å². The molecule has 1 N–H and O–H groups in total. The van der Waals surface area contributed by atoms with Gasteiger partial charge in [-0.05, 0) is 120 Å². The molecule has 10 atom stereocenters. The predicted octanol–water partition coefficient (Wildman–Crippen LogP) is 9.13. The van der Waals surface area contributed by atoms with Gasteiger partial charge in [0.25, 0.3) is 0 Å². The molecule has 0 amide bonds. The Balaban J connectivity index is 0.000000319. The van der Waals surface area contributed by atoms with Gasteiger partial charge < -0.3 is 14.6 Å². The minimum Gasteiger partial charge on any atom is -0.457 e. The lowest BCUT2D eigenvalue weighted by molar-refractivity contribution is -0.225. The van der Waals surface area contributed by atoms with Crippen LogP contribution in [-0.4, -0.2) is 70.3 Å². The summed E-state index contributed by atoms with van der Waals surface area (Å²) in [7, 11) is 0. The van der Waals surface area contributed by atoms with Gasteiger partial charge >= 0.3 is 11.9 Å². The molecule has 6 aliphatic rings. The monoisotopic (exact) mass is 824 g/mol. The molecule has 0 spiro atoms. The van der Waals surface area contributed by atoms with Crippen molar-refractivity contribution in [1.82, 2.24) is 0 Å². The van der Waals surface area contributed by atoms with E-state index in [0.29, 0.717) is 24.8 Å². The molecule has 11 heteroatoms. The number of rotatable bonds is 9. The van der Waals surface area contributed by atoms with Crippen LogP contribution in [0.4, 0.5) is 8.78 Å². The van der Waals surface area contributed by atoms with Gasteiger partial charge in [-0.25, -0.2) is 8.78 Å². The minimum atomic E-state index is -2.04. The van der Waals surface area contributed by atoms with Gasteiger partial charge in [0.2, 0.25) is 5.78 Å². The Morgan fingerprint density at radius 1 is 0.898 bits per heavy atom. The number of carbonyl (C=O) groups is 6. The largest absolute Gasteiger partial charge is 0.457 e. The standard InChI is InChI=1S/C27H35FO7.C14H19FO.C6H8O.CH4/c1-5-22(32)34-15-21(31)26(35-23(33)6-2)12-10-18-19-8-7-16-13-17(29)9-11-24(16,3)27(19,28)20(30)14-25(18,26)4;1-4-13(2)7-5-10-9-11(16)6-8-14(10,3)12(13)15;1-3-5-6(7)4-2;/h9,11,13,18-20,30H,5-8,10,12,14-15H2,1-4H3;6,8-9,12H,4-5,7H2,1-3H3;3-5H,2H2,1H3;1H4/b;;5-3-;/t18?,19-,20-,24-,25-,26-,27-;12-,13?,14?;;/m01../s1. The topological polar surface area (TPSA) is 141 Å². The van der Waals surface area contributed by atoms with Gasteiger partial charge in [-0.1, -0.05) is 78.0 Å². The number of Topliss-reactive ketones (excluding diaryl/α,β-unsaturated/α-hetero) is 1. The number of hydrogen-bond acceptors (Lipinski definition) is 9. The van der Waals surface area contributed by atoms with Crippen LogP contribution in [0.2, 0.25) is 0 Å². The van der Waals surface area contributed by atoms with Crippen molar-refractivity contribution in [2.45, 2.75) is 151 Å². The first-order chi connectivity index (χ1) is 27.1. The van der Waals surface area contributed by atoms with E-state index in [1.165, 1.54) is 30.4 Å². The molecule has 6 aliphatic carbocycles. The molecule has 4 saturated carbocycles. The van der Waals surface area contributed by atoms with Crippen LogP contribution in [0.3, 0.4) is 0 Å². The van der Waals surface area contributed by atoms with Crippen LogP contribution in [0.25, 0.3) is 0 Å². The molecule has 0 bridgehead atoms. The number of aliphatic hydroxyl groups is 1. The molecule has 4 fully saturated rings. The lowest BCUT2D eigenvalue weighted by atomic mass is 9.44. The van der Waals surface area contributed by atoms with E-state index < -0.39 is 70.0 Å². The zero-order valence-electron chi connectivity index (χ0n) is 35.5. The summed E-state index contributed by atoms with van der Waals surface area (Å²) < 4.78 is 42.9. The van der Waals surface area contributed by atoms with Crippen molar-refractivity contribution in [2.75, 3.05) is 6.61 Å². The summed E-state index contributed by atoms with van der Waals surface area (Å²) in [4.78, 5) is 71.4. The molecule has 0 aliphatic heterocycles. The zero-order valence-corrected chi connectivity index (χ0v) is 35.5. The zero-order chi connectivity index (χ0) is 43.5. The van der Waals surface area contributed by atoms with E-state index in [0.717, 1.165) is 24.8 Å². The molecule has 0 saturated heterocycles. The molecule has 326 valence electrons. The highest BCUT2D eigenvalue weighted by molar-refractivity contribution is 6.02. The highest BCUT2D eigenvalue weighted by atomic mass is 19.1. The van der Waals surface area contributed by atoms with E-state index in [1.54, 1.807) is 58.9 Å². The molecule has 0 radical (unpaired) electrons. The van der Waals surface area contributed by atoms with Crippen molar-refractivity contribution in [3.63, 3.8) is 0 Å². The molecule has 9 nitrogen and oxygen atoms in total. The van der Waals surface area contributed by atoms with Crippen molar-refractivity contribution in [3.05, 3.63) is 72.4 Å². The van der Waals surface area contributed by atoms with Crippen molar-refractivity contribution in [2.24, 2.45) is 33.5 Å². The molecule has 0 aromatic heterocycles. The third-order valence-corrected chi connectivity index (χ3v) is 14.5. The number of esters is 2. The number of ether oxygens (including phenoxy) is 2. The van der Waals surface area contributed by atoms with E-state index in [1.807, 2.05) is 20.8 Å². The van der Waals surface area contributed by atoms with E-state index in [-0.39, 0.29) is 61.8 Å². The average Bonchev–Trinajstić information content (AvgIpc) is 3.48. The summed E-state index contributed by atoms with van der Waals surface area (Å²) >= 11 is 0. The summed E-state index contributed by atoms with van der Waals surface area (Å²) in [5, 5.41) is 11.4.